The van der Waals surface area contributed by atoms with Crippen LogP contribution in [0.1, 0.15) is 39.9 Å². The van der Waals surface area contributed by atoms with E-state index in [4.69, 9.17) is 0 Å². The van der Waals surface area contributed by atoms with Gasteiger partial charge < -0.3 is 10.3 Å². The van der Waals surface area contributed by atoms with Crippen LogP contribution in [0.4, 0.5) is 0 Å². The Morgan fingerprint density at radius 2 is 2.07 bits per heavy atom. The SMILES string of the molecule is Cc1sc2nc(CS[C@H](C(=O)NC3CC3)c3ccccc3)[nH]c(=O)c2c1C. The summed E-state index contributed by atoms with van der Waals surface area (Å²) in [5, 5.41) is 3.45. The van der Waals surface area contributed by atoms with Crippen molar-refractivity contribution in [2.45, 2.75) is 43.7 Å². The summed E-state index contributed by atoms with van der Waals surface area (Å²) in [6.45, 7) is 3.95. The number of thioether (sulfide) groups is 1. The fourth-order valence-electron chi connectivity index (χ4n) is 2.99. The quantitative estimate of drug-likeness (QED) is 0.660. The number of rotatable bonds is 6. The average molecular weight is 400 g/mol. The number of nitrogens with zero attached hydrogens (tertiary/aromatic N) is 1. The molecular weight excluding hydrogens is 378 g/mol. The Labute approximate surface area is 165 Å². The number of hydrogen-bond acceptors (Lipinski definition) is 5. The zero-order valence-corrected chi connectivity index (χ0v) is 16.9. The topological polar surface area (TPSA) is 74.8 Å². The van der Waals surface area contributed by atoms with Crippen molar-refractivity contribution in [2.24, 2.45) is 0 Å². The Bertz CT molecular complexity index is 1040. The number of thiophene rings is 1. The van der Waals surface area contributed by atoms with E-state index in [1.807, 2.05) is 44.2 Å². The lowest BCUT2D eigenvalue weighted by atomic mass is 10.1. The maximum Gasteiger partial charge on any atom is 0.259 e. The number of aryl methyl sites for hydroxylation is 2. The number of fused-ring (bicyclic) bond motifs is 1. The van der Waals surface area contributed by atoms with Gasteiger partial charge in [-0.1, -0.05) is 30.3 Å². The van der Waals surface area contributed by atoms with Crippen LogP contribution in [0, 0.1) is 13.8 Å². The smallest absolute Gasteiger partial charge is 0.259 e. The number of amides is 1. The van der Waals surface area contributed by atoms with Crippen LogP contribution in [0.5, 0.6) is 0 Å². The highest BCUT2D eigenvalue weighted by molar-refractivity contribution is 7.99. The molecule has 2 N–H and O–H groups in total. The first-order valence-electron chi connectivity index (χ1n) is 8.98. The number of benzene rings is 1. The Balaban J connectivity index is 1.57. The standard InChI is InChI=1S/C20H21N3O2S2/c1-11-12(2)27-20-16(11)18(24)22-15(23-20)10-26-17(13-6-4-3-5-7-13)19(25)21-14-8-9-14/h3-7,14,17H,8-10H2,1-2H3,(H,21,25)(H,22,23,24)/t17-/m0/s1. The second-order valence-corrected chi connectivity index (χ2v) is 9.16. The first-order valence-corrected chi connectivity index (χ1v) is 10.9. The van der Waals surface area contributed by atoms with Gasteiger partial charge in [-0.15, -0.1) is 23.1 Å². The van der Waals surface area contributed by atoms with E-state index in [0.717, 1.165) is 33.7 Å². The van der Waals surface area contributed by atoms with Crippen LogP contribution in [0.15, 0.2) is 35.1 Å². The number of H-pyrrole nitrogens is 1. The lowest BCUT2D eigenvalue weighted by Gasteiger charge is -2.16. The lowest BCUT2D eigenvalue weighted by Crippen LogP contribution is -2.29. The van der Waals surface area contributed by atoms with Gasteiger partial charge in [0.1, 0.15) is 15.9 Å². The molecule has 1 saturated carbocycles. The molecule has 1 atom stereocenters. The highest BCUT2D eigenvalue weighted by Crippen LogP contribution is 2.33. The van der Waals surface area contributed by atoms with E-state index in [9.17, 15) is 9.59 Å². The van der Waals surface area contributed by atoms with Gasteiger partial charge in [0.05, 0.1) is 11.1 Å². The van der Waals surface area contributed by atoms with Crippen LogP contribution in [-0.2, 0) is 10.5 Å². The zero-order valence-electron chi connectivity index (χ0n) is 15.2. The highest BCUT2D eigenvalue weighted by atomic mass is 32.2. The molecule has 1 aliphatic rings. The van der Waals surface area contributed by atoms with Gasteiger partial charge in [-0.2, -0.15) is 0 Å². The first kappa shape index (κ1) is 18.3. The molecule has 2 aromatic heterocycles. The molecule has 140 valence electrons. The zero-order chi connectivity index (χ0) is 19.0. The molecule has 4 rings (SSSR count). The molecule has 1 amide bonds. The Morgan fingerprint density at radius 1 is 1.33 bits per heavy atom. The van der Waals surface area contributed by atoms with Gasteiger partial charge in [0.25, 0.3) is 5.56 Å². The minimum absolute atomic E-state index is 0.0277. The molecule has 7 heteroatoms. The van der Waals surface area contributed by atoms with E-state index in [2.05, 4.69) is 15.3 Å². The summed E-state index contributed by atoms with van der Waals surface area (Å²) in [5.74, 6) is 1.11. The van der Waals surface area contributed by atoms with Gasteiger partial charge in [0, 0.05) is 10.9 Å². The summed E-state index contributed by atoms with van der Waals surface area (Å²) in [7, 11) is 0. The van der Waals surface area contributed by atoms with Crippen LogP contribution >= 0.6 is 23.1 Å². The average Bonchev–Trinajstić information content (AvgIpc) is 3.41. The summed E-state index contributed by atoms with van der Waals surface area (Å²) >= 11 is 3.03. The molecule has 2 heterocycles. The van der Waals surface area contributed by atoms with E-state index in [1.54, 1.807) is 11.3 Å². The van der Waals surface area contributed by atoms with Gasteiger partial charge >= 0.3 is 0 Å². The van der Waals surface area contributed by atoms with Crippen molar-refractivity contribution in [1.82, 2.24) is 15.3 Å². The third-order valence-corrected chi connectivity index (χ3v) is 7.10. The largest absolute Gasteiger partial charge is 0.352 e. The Kier molecular flexibility index (Phi) is 5.06. The molecule has 0 unspecified atom stereocenters. The van der Waals surface area contributed by atoms with E-state index < -0.39 is 0 Å². The van der Waals surface area contributed by atoms with Gasteiger partial charge in [-0.25, -0.2) is 4.98 Å². The minimum Gasteiger partial charge on any atom is -0.352 e. The molecule has 0 saturated heterocycles. The predicted molar refractivity (Wildman–Crippen MR) is 111 cm³/mol. The molecule has 1 fully saturated rings. The van der Waals surface area contributed by atoms with Gasteiger partial charge in [0.15, 0.2) is 0 Å². The maximum absolute atomic E-state index is 12.7. The van der Waals surface area contributed by atoms with Crippen LogP contribution in [0.2, 0.25) is 0 Å². The van der Waals surface area contributed by atoms with Crippen molar-refractivity contribution >= 4 is 39.2 Å². The van der Waals surface area contributed by atoms with E-state index in [-0.39, 0.29) is 16.7 Å². The van der Waals surface area contributed by atoms with Gasteiger partial charge in [-0.3, -0.25) is 9.59 Å². The van der Waals surface area contributed by atoms with Crippen molar-refractivity contribution in [3.05, 3.63) is 62.5 Å². The third-order valence-electron chi connectivity index (χ3n) is 4.74. The van der Waals surface area contributed by atoms with Crippen LogP contribution in [0.25, 0.3) is 10.2 Å². The molecule has 0 bridgehead atoms. The second kappa shape index (κ2) is 7.48. The van der Waals surface area contributed by atoms with Gasteiger partial charge in [-0.05, 0) is 37.8 Å². The summed E-state index contributed by atoms with van der Waals surface area (Å²) in [6.07, 6.45) is 2.11. The van der Waals surface area contributed by atoms with Crippen molar-refractivity contribution in [1.29, 1.82) is 0 Å². The van der Waals surface area contributed by atoms with Crippen LogP contribution in [0.3, 0.4) is 0 Å². The summed E-state index contributed by atoms with van der Waals surface area (Å²) in [6, 6.07) is 10.1. The highest BCUT2D eigenvalue weighted by Gasteiger charge is 2.29. The molecule has 3 aromatic rings. The molecule has 5 nitrogen and oxygen atoms in total. The number of nitrogens with one attached hydrogen (secondary N) is 2. The fourth-order valence-corrected chi connectivity index (χ4v) is 5.06. The Morgan fingerprint density at radius 3 is 2.78 bits per heavy atom. The lowest BCUT2D eigenvalue weighted by molar-refractivity contribution is -0.120. The van der Waals surface area contributed by atoms with Crippen LogP contribution in [-0.4, -0.2) is 21.9 Å². The molecule has 0 spiro atoms. The summed E-state index contributed by atoms with van der Waals surface area (Å²) < 4.78 is 0. The minimum atomic E-state index is -0.320. The van der Waals surface area contributed by atoms with Crippen LogP contribution < -0.4 is 10.9 Å². The van der Waals surface area contributed by atoms with Gasteiger partial charge in [0.2, 0.25) is 5.91 Å². The maximum atomic E-state index is 12.7. The summed E-state index contributed by atoms with van der Waals surface area (Å²) in [5.41, 5.74) is 1.86. The van der Waals surface area contributed by atoms with Crippen molar-refractivity contribution in [2.75, 3.05) is 0 Å². The molecular formula is C20H21N3O2S2. The monoisotopic (exact) mass is 399 g/mol. The van der Waals surface area contributed by atoms with E-state index in [0.29, 0.717) is 23.0 Å². The molecule has 0 aliphatic heterocycles. The van der Waals surface area contributed by atoms with Crippen molar-refractivity contribution < 1.29 is 4.79 Å². The number of carbonyl (C=O) groups excluding carboxylic acids is 1. The van der Waals surface area contributed by atoms with Crippen molar-refractivity contribution in [3.63, 3.8) is 0 Å². The third kappa shape index (κ3) is 3.94. The van der Waals surface area contributed by atoms with Crippen molar-refractivity contribution in [3.8, 4) is 0 Å². The number of carbonyl (C=O) groups is 1. The normalized spacial score (nSPS) is 15.0. The second-order valence-electron chi connectivity index (χ2n) is 6.86. The van der Waals surface area contributed by atoms with E-state index >= 15 is 0 Å². The first-order chi connectivity index (χ1) is 13.0. The number of aromatic nitrogens is 2. The fraction of sp³-hybridized carbons (Fsp3) is 0.350. The number of aromatic amines is 1. The molecule has 0 radical (unpaired) electrons. The molecule has 1 aliphatic carbocycles. The number of hydrogen-bond donors (Lipinski definition) is 2. The molecule has 1 aromatic carbocycles. The predicted octanol–water partition coefficient (Wildman–Crippen LogP) is 3.85. The van der Waals surface area contributed by atoms with E-state index in [1.165, 1.54) is 11.8 Å². The summed E-state index contributed by atoms with van der Waals surface area (Å²) in [4.78, 5) is 34.6. The molecule has 27 heavy (non-hydrogen) atoms. The Hall–Kier alpha value is -2.12.